The van der Waals surface area contributed by atoms with E-state index in [1.54, 1.807) is 4.68 Å². The number of aromatic amines is 1. The largest absolute Gasteiger partial charge is 0.348 e. The maximum absolute atomic E-state index is 11.8. The van der Waals surface area contributed by atoms with Crippen LogP contribution in [0.4, 0.5) is 0 Å². The van der Waals surface area contributed by atoms with E-state index in [1.165, 1.54) is 6.20 Å². The van der Waals surface area contributed by atoms with E-state index >= 15 is 0 Å². The van der Waals surface area contributed by atoms with Crippen LogP contribution < -0.4 is 5.32 Å². The van der Waals surface area contributed by atoms with Gasteiger partial charge in [0.15, 0.2) is 0 Å². The molecule has 0 unspecified atom stereocenters. The van der Waals surface area contributed by atoms with Crippen LogP contribution in [0, 0.1) is 13.8 Å². The molecule has 0 bridgehead atoms. The molecule has 1 amide bonds. The number of amides is 1. The maximum atomic E-state index is 11.8. The van der Waals surface area contributed by atoms with Crippen molar-refractivity contribution in [3.05, 3.63) is 34.9 Å². The fourth-order valence-corrected chi connectivity index (χ4v) is 1.67. The number of nitrogens with zero attached hydrogens (tertiary/aromatic N) is 3. The number of aromatic nitrogens is 4. The predicted octanol–water partition coefficient (Wildman–Crippen LogP) is 0.690. The van der Waals surface area contributed by atoms with Crippen molar-refractivity contribution in [2.45, 2.75) is 20.4 Å². The predicted molar refractivity (Wildman–Crippen MR) is 62.4 cm³/mol. The van der Waals surface area contributed by atoms with Crippen LogP contribution in [-0.4, -0.2) is 25.9 Å². The molecule has 2 aromatic rings. The molecule has 2 N–H and O–H groups in total. The molecule has 2 aromatic heterocycles. The minimum atomic E-state index is -0.125. The van der Waals surface area contributed by atoms with E-state index < -0.39 is 0 Å². The Labute approximate surface area is 99.0 Å². The van der Waals surface area contributed by atoms with Gasteiger partial charge >= 0.3 is 0 Å². The van der Waals surface area contributed by atoms with Gasteiger partial charge in [-0.3, -0.25) is 14.6 Å². The van der Waals surface area contributed by atoms with Crippen molar-refractivity contribution in [3.63, 3.8) is 0 Å². The minimum absolute atomic E-state index is 0.125. The quantitative estimate of drug-likeness (QED) is 0.819. The Morgan fingerprint density at radius 1 is 1.53 bits per heavy atom. The molecule has 0 saturated carbocycles. The molecule has 17 heavy (non-hydrogen) atoms. The van der Waals surface area contributed by atoms with Crippen molar-refractivity contribution in [1.82, 2.24) is 25.3 Å². The van der Waals surface area contributed by atoms with Gasteiger partial charge in [0.2, 0.25) is 0 Å². The zero-order chi connectivity index (χ0) is 12.4. The first kappa shape index (κ1) is 11.4. The molecule has 0 saturated heterocycles. The van der Waals surface area contributed by atoms with Crippen molar-refractivity contribution in [3.8, 4) is 0 Å². The lowest BCUT2D eigenvalue weighted by molar-refractivity contribution is 0.0950. The molecule has 0 aromatic carbocycles. The summed E-state index contributed by atoms with van der Waals surface area (Å²) in [5, 5.41) is 13.6. The number of rotatable bonds is 3. The lowest BCUT2D eigenvalue weighted by Crippen LogP contribution is -2.23. The van der Waals surface area contributed by atoms with Crippen molar-refractivity contribution < 1.29 is 4.79 Å². The van der Waals surface area contributed by atoms with Gasteiger partial charge in [0, 0.05) is 31.0 Å². The van der Waals surface area contributed by atoms with Gasteiger partial charge in [-0.2, -0.15) is 10.2 Å². The number of carbonyl (C=O) groups is 1. The maximum Gasteiger partial charge on any atom is 0.255 e. The summed E-state index contributed by atoms with van der Waals surface area (Å²) >= 11 is 0. The molecule has 90 valence electrons. The summed E-state index contributed by atoms with van der Waals surface area (Å²) in [5.74, 6) is -0.125. The molecule has 6 heteroatoms. The highest BCUT2D eigenvalue weighted by Crippen LogP contribution is 2.06. The third-order valence-corrected chi connectivity index (χ3v) is 2.63. The third kappa shape index (κ3) is 2.35. The normalized spacial score (nSPS) is 10.5. The van der Waals surface area contributed by atoms with Crippen LogP contribution in [0.2, 0.25) is 0 Å². The van der Waals surface area contributed by atoms with Crippen LogP contribution in [0.15, 0.2) is 12.4 Å². The SMILES string of the molecule is Cc1nn(C)cc1CNC(=O)c1cn[nH]c1C. The van der Waals surface area contributed by atoms with E-state index in [1.807, 2.05) is 27.1 Å². The van der Waals surface area contributed by atoms with Crippen LogP contribution in [-0.2, 0) is 13.6 Å². The Morgan fingerprint density at radius 2 is 2.29 bits per heavy atom. The molecule has 2 rings (SSSR count). The second-order valence-corrected chi connectivity index (χ2v) is 4.00. The summed E-state index contributed by atoms with van der Waals surface area (Å²) in [7, 11) is 1.86. The Balaban J connectivity index is 2.02. The van der Waals surface area contributed by atoms with E-state index in [0.717, 1.165) is 17.0 Å². The summed E-state index contributed by atoms with van der Waals surface area (Å²) in [5.41, 5.74) is 3.29. The summed E-state index contributed by atoms with van der Waals surface area (Å²) in [6, 6.07) is 0. The van der Waals surface area contributed by atoms with Gasteiger partial charge in [-0.1, -0.05) is 0 Å². The standard InChI is InChI=1S/C11H15N5O/c1-7-9(6-16(3)15-7)4-12-11(17)10-5-13-14-8(10)2/h5-6H,4H2,1-3H3,(H,12,17)(H,13,14). The number of hydrogen-bond acceptors (Lipinski definition) is 3. The summed E-state index contributed by atoms with van der Waals surface area (Å²) < 4.78 is 1.74. The van der Waals surface area contributed by atoms with E-state index in [-0.39, 0.29) is 5.91 Å². The number of aryl methyl sites for hydroxylation is 3. The minimum Gasteiger partial charge on any atom is -0.348 e. The highest BCUT2D eigenvalue weighted by molar-refractivity contribution is 5.94. The van der Waals surface area contributed by atoms with Gasteiger partial charge in [0.1, 0.15) is 0 Å². The van der Waals surface area contributed by atoms with Gasteiger partial charge in [0.25, 0.3) is 5.91 Å². The summed E-state index contributed by atoms with van der Waals surface area (Å²) in [6.45, 7) is 4.21. The van der Waals surface area contributed by atoms with Gasteiger partial charge in [-0.05, 0) is 13.8 Å². The fraction of sp³-hybridized carbons (Fsp3) is 0.364. The van der Waals surface area contributed by atoms with Crippen molar-refractivity contribution in [2.24, 2.45) is 7.05 Å². The van der Waals surface area contributed by atoms with Crippen molar-refractivity contribution in [1.29, 1.82) is 0 Å². The zero-order valence-electron chi connectivity index (χ0n) is 10.1. The smallest absolute Gasteiger partial charge is 0.255 e. The van der Waals surface area contributed by atoms with E-state index in [9.17, 15) is 4.79 Å². The molecule has 0 radical (unpaired) electrons. The highest BCUT2D eigenvalue weighted by atomic mass is 16.1. The van der Waals surface area contributed by atoms with Crippen molar-refractivity contribution in [2.75, 3.05) is 0 Å². The average molecular weight is 233 g/mol. The van der Waals surface area contributed by atoms with E-state index in [4.69, 9.17) is 0 Å². The Morgan fingerprint density at radius 3 is 2.82 bits per heavy atom. The molecule has 2 heterocycles. The van der Waals surface area contributed by atoms with E-state index in [2.05, 4.69) is 20.6 Å². The molecule has 0 atom stereocenters. The first-order chi connectivity index (χ1) is 8.08. The fourth-order valence-electron chi connectivity index (χ4n) is 1.67. The lowest BCUT2D eigenvalue weighted by Gasteiger charge is -2.02. The van der Waals surface area contributed by atoms with Gasteiger partial charge in [-0.15, -0.1) is 0 Å². The number of hydrogen-bond donors (Lipinski definition) is 2. The molecule has 0 aliphatic rings. The van der Waals surface area contributed by atoms with Crippen molar-refractivity contribution >= 4 is 5.91 Å². The summed E-state index contributed by atoms with van der Waals surface area (Å²) in [4.78, 5) is 11.8. The van der Waals surface area contributed by atoms with Crippen LogP contribution in [0.3, 0.4) is 0 Å². The number of H-pyrrole nitrogens is 1. The van der Waals surface area contributed by atoms with E-state index in [0.29, 0.717) is 12.1 Å². The number of carbonyl (C=O) groups excluding carboxylic acids is 1. The Bertz CT molecular complexity index is 540. The highest BCUT2D eigenvalue weighted by Gasteiger charge is 2.11. The second-order valence-electron chi connectivity index (χ2n) is 4.00. The van der Waals surface area contributed by atoms with Crippen LogP contribution >= 0.6 is 0 Å². The topological polar surface area (TPSA) is 75.6 Å². The van der Waals surface area contributed by atoms with Crippen LogP contribution in [0.25, 0.3) is 0 Å². The molecule has 0 aliphatic heterocycles. The van der Waals surface area contributed by atoms with Gasteiger partial charge < -0.3 is 5.32 Å². The van der Waals surface area contributed by atoms with Gasteiger partial charge in [-0.25, -0.2) is 0 Å². The molecule has 0 fully saturated rings. The first-order valence-corrected chi connectivity index (χ1v) is 5.35. The van der Waals surface area contributed by atoms with Gasteiger partial charge in [0.05, 0.1) is 17.5 Å². The number of nitrogens with one attached hydrogen (secondary N) is 2. The molecular formula is C11H15N5O. The molecule has 0 spiro atoms. The Hall–Kier alpha value is -2.11. The van der Waals surface area contributed by atoms with Crippen LogP contribution in [0.5, 0.6) is 0 Å². The lowest BCUT2D eigenvalue weighted by atomic mass is 10.2. The first-order valence-electron chi connectivity index (χ1n) is 5.35. The summed E-state index contributed by atoms with van der Waals surface area (Å²) in [6.07, 6.45) is 3.43. The van der Waals surface area contributed by atoms with Crippen LogP contribution in [0.1, 0.15) is 27.3 Å². The zero-order valence-corrected chi connectivity index (χ0v) is 10.1. The average Bonchev–Trinajstić information content (AvgIpc) is 2.81. The Kier molecular flexibility index (Phi) is 2.95. The third-order valence-electron chi connectivity index (χ3n) is 2.63. The molecule has 6 nitrogen and oxygen atoms in total. The second kappa shape index (κ2) is 4.40. The molecule has 0 aliphatic carbocycles. The monoisotopic (exact) mass is 233 g/mol. The molecular weight excluding hydrogens is 218 g/mol.